The number of nitrogens with one attached hydrogen (secondary N) is 1. The van der Waals surface area contributed by atoms with Crippen LogP contribution in [0.25, 0.3) is 0 Å². The predicted octanol–water partition coefficient (Wildman–Crippen LogP) is 2.45. The monoisotopic (exact) mass is 368 g/mol. The van der Waals surface area contributed by atoms with Crippen LogP contribution < -0.4 is 15.4 Å². The van der Waals surface area contributed by atoms with E-state index in [0.29, 0.717) is 24.5 Å². The molecule has 2 aliphatic heterocycles. The number of ether oxygens (including phenoxy) is 1. The molecule has 1 aromatic heterocycles. The number of aromatic nitrogens is 2. The van der Waals surface area contributed by atoms with E-state index < -0.39 is 0 Å². The first-order valence-electron chi connectivity index (χ1n) is 9.87. The van der Waals surface area contributed by atoms with Crippen LogP contribution in [0.1, 0.15) is 25.8 Å². The topological polar surface area (TPSA) is 61.5 Å². The highest BCUT2D eigenvalue weighted by Crippen LogP contribution is 2.29. The highest BCUT2D eigenvalue weighted by Gasteiger charge is 2.32. The minimum atomic E-state index is -0.0906. The first-order valence-corrected chi connectivity index (χ1v) is 9.87. The van der Waals surface area contributed by atoms with Crippen LogP contribution in [-0.2, 0) is 11.2 Å². The van der Waals surface area contributed by atoms with Gasteiger partial charge in [-0.2, -0.15) is 4.98 Å². The van der Waals surface area contributed by atoms with Gasteiger partial charge in [0.2, 0.25) is 5.95 Å². The quantitative estimate of drug-likeness (QED) is 0.898. The SMILES string of the molecule is C[C@H]1CC(Cc2ccccc2)N(c2nc(N3CCO[C@H](C)C3)cc(=O)[nH]2)C1. The van der Waals surface area contributed by atoms with E-state index >= 15 is 0 Å². The molecule has 1 aromatic carbocycles. The van der Waals surface area contributed by atoms with Gasteiger partial charge in [0.1, 0.15) is 5.82 Å². The van der Waals surface area contributed by atoms with E-state index in [1.165, 1.54) is 5.56 Å². The molecule has 0 radical (unpaired) electrons. The van der Waals surface area contributed by atoms with Crippen molar-refractivity contribution in [2.24, 2.45) is 5.92 Å². The Morgan fingerprint density at radius 2 is 2.04 bits per heavy atom. The first-order chi connectivity index (χ1) is 13.1. The molecule has 3 atom stereocenters. The van der Waals surface area contributed by atoms with Crippen LogP contribution >= 0.6 is 0 Å². The highest BCUT2D eigenvalue weighted by atomic mass is 16.5. The first kappa shape index (κ1) is 18.0. The molecular weight excluding hydrogens is 340 g/mol. The van der Waals surface area contributed by atoms with Crippen molar-refractivity contribution in [1.29, 1.82) is 0 Å². The summed E-state index contributed by atoms with van der Waals surface area (Å²) < 4.78 is 5.62. The second kappa shape index (κ2) is 7.72. The molecule has 144 valence electrons. The minimum Gasteiger partial charge on any atom is -0.375 e. The van der Waals surface area contributed by atoms with Gasteiger partial charge in [-0.3, -0.25) is 9.78 Å². The summed E-state index contributed by atoms with van der Waals surface area (Å²) in [7, 11) is 0. The summed E-state index contributed by atoms with van der Waals surface area (Å²) in [5.74, 6) is 2.03. The maximum Gasteiger partial charge on any atom is 0.254 e. The number of rotatable bonds is 4. The molecule has 1 unspecified atom stereocenters. The average molecular weight is 368 g/mol. The van der Waals surface area contributed by atoms with Crippen molar-refractivity contribution in [2.75, 3.05) is 36.0 Å². The average Bonchev–Trinajstić information content (AvgIpc) is 3.02. The molecule has 27 heavy (non-hydrogen) atoms. The molecule has 0 saturated carbocycles. The molecule has 1 N–H and O–H groups in total. The molecule has 2 aromatic rings. The van der Waals surface area contributed by atoms with Crippen LogP contribution in [-0.4, -0.2) is 48.4 Å². The second-order valence-electron chi connectivity index (χ2n) is 7.89. The van der Waals surface area contributed by atoms with E-state index in [9.17, 15) is 4.79 Å². The number of hydrogen-bond donors (Lipinski definition) is 1. The third-order valence-electron chi connectivity index (χ3n) is 5.49. The number of H-pyrrole nitrogens is 1. The summed E-state index contributed by atoms with van der Waals surface area (Å²) in [5, 5.41) is 0. The van der Waals surface area contributed by atoms with Gasteiger partial charge in [-0.25, -0.2) is 0 Å². The highest BCUT2D eigenvalue weighted by molar-refractivity contribution is 5.45. The summed E-state index contributed by atoms with van der Waals surface area (Å²) in [5.41, 5.74) is 1.23. The Labute approximate surface area is 160 Å². The fourth-order valence-electron chi connectivity index (χ4n) is 4.25. The predicted molar refractivity (Wildman–Crippen MR) is 108 cm³/mol. The number of nitrogens with zero attached hydrogens (tertiary/aromatic N) is 3. The van der Waals surface area contributed by atoms with Crippen LogP contribution in [0, 0.1) is 5.92 Å². The zero-order valence-electron chi connectivity index (χ0n) is 16.1. The molecule has 2 fully saturated rings. The number of hydrogen-bond acceptors (Lipinski definition) is 5. The van der Waals surface area contributed by atoms with Gasteiger partial charge >= 0.3 is 0 Å². The zero-order valence-corrected chi connectivity index (χ0v) is 16.1. The van der Waals surface area contributed by atoms with Crippen molar-refractivity contribution >= 4 is 11.8 Å². The molecular formula is C21H28N4O2. The van der Waals surface area contributed by atoms with E-state index in [4.69, 9.17) is 9.72 Å². The Bertz CT molecular complexity index is 822. The number of morpholine rings is 1. The summed E-state index contributed by atoms with van der Waals surface area (Å²) in [6, 6.07) is 12.5. The van der Waals surface area contributed by atoms with Gasteiger partial charge in [-0.05, 0) is 31.2 Å². The lowest BCUT2D eigenvalue weighted by Crippen LogP contribution is -2.42. The fourth-order valence-corrected chi connectivity index (χ4v) is 4.25. The summed E-state index contributed by atoms with van der Waals surface area (Å²) in [6.07, 6.45) is 2.23. The minimum absolute atomic E-state index is 0.0906. The van der Waals surface area contributed by atoms with Crippen molar-refractivity contribution < 1.29 is 4.74 Å². The summed E-state index contributed by atoms with van der Waals surface area (Å²) >= 11 is 0. The second-order valence-corrected chi connectivity index (χ2v) is 7.89. The van der Waals surface area contributed by atoms with Gasteiger partial charge < -0.3 is 14.5 Å². The number of anilines is 2. The molecule has 0 aliphatic carbocycles. The van der Waals surface area contributed by atoms with Crippen LogP contribution in [0.15, 0.2) is 41.2 Å². The molecule has 2 aliphatic rings. The van der Waals surface area contributed by atoms with E-state index in [1.54, 1.807) is 6.07 Å². The molecule has 3 heterocycles. The largest absolute Gasteiger partial charge is 0.375 e. The van der Waals surface area contributed by atoms with Gasteiger partial charge in [-0.1, -0.05) is 37.3 Å². The Balaban J connectivity index is 1.60. The van der Waals surface area contributed by atoms with Gasteiger partial charge in [0.05, 0.1) is 12.7 Å². The lowest BCUT2D eigenvalue weighted by Gasteiger charge is -2.33. The fraction of sp³-hybridized carbons (Fsp3) is 0.524. The molecule has 4 rings (SSSR count). The van der Waals surface area contributed by atoms with Gasteiger partial charge in [0.15, 0.2) is 0 Å². The van der Waals surface area contributed by atoms with Crippen LogP contribution in [0.4, 0.5) is 11.8 Å². The Hall–Kier alpha value is -2.34. The lowest BCUT2D eigenvalue weighted by molar-refractivity contribution is 0.0529. The number of benzene rings is 1. The smallest absolute Gasteiger partial charge is 0.254 e. The van der Waals surface area contributed by atoms with Crippen molar-refractivity contribution in [1.82, 2.24) is 9.97 Å². The Morgan fingerprint density at radius 3 is 2.81 bits per heavy atom. The maximum atomic E-state index is 12.4. The van der Waals surface area contributed by atoms with Gasteiger partial charge in [0.25, 0.3) is 5.56 Å². The van der Waals surface area contributed by atoms with E-state index in [1.807, 2.05) is 6.07 Å². The molecule has 0 spiro atoms. The summed E-state index contributed by atoms with van der Waals surface area (Å²) in [6.45, 7) is 7.44. The molecule has 0 amide bonds. The Kier molecular flexibility index (Phi) is 5.16. The molecule has 6 heteroatoms. The Morgan fingerprint density at radius 1 is 1.22 bits per heavy atom. The molecule has 2 saturated heterocycles. The summed E-state index contributed by atoms with van der Waals surface area (Å²) in [4.78, 5) is 24.6. The van der Waals surface area contributed by atoms with Gasteiger partial charge in [0, 0.05) is 31.7 Å². The molecule has 0 bridgehead atoms. The third-order valence-corrected chi connectivity index (χ3v) is 5.49. The van der Waals surface area contributed by atoms with Crippen LogP contribution in [0.2, 0.25) is 0 Å². The standard InChI is InChI=1S/C21H28N4O2/c1-15-10-18(11-17-6-4-3-5-7-17)25(13-15)21-22-19(12-20(26)23-21)24-8-9-27-16(2)14-24/h3-7,12,15-16,18H,8-11,13-14H2,1-2H3,(H,22,23,26)/t15-,16+,18?/m0/s1. The molecule has 6 nitrogen and oxygen atoms in total. The van der Waals surface area contributed by atoms with E-state index in [0.717, 1.165) is 38.3 Å². The third kappa shape index (κ3) is 4.16. The van der Waals surface area contributed by atoms with Crippen LogP contribution in [0.5, 0.6) is 0 Å². The maximum absolute atomic E-state index is 12.4. The lowest BCUT2D eigenvalue weighted by atomic mass is 10.0. The van der Waals surface area contributed by atoms with Gasteiger partial charge in [-0.15, -0.1) is 0 Å². The van der Waals surface area contributed by atoms with Crippen molar-refractivity contribution in [3.05, 3.63) is 52.3 Å². The normalized spacial score (nSPS) is 25.8. The van der Waals surface area contributed by atoms with Crippen molar-refractivity contribution in [2.45, 2.75) is 38.8 Å². The van der Waals surface area contributed by atoms with Crippen molar-refractivity contribution in [3.8, 4) is 0 Å². The zero-order chi connectivity index (χ0) is 18.8. The van der Waals surface area contributed by atoms with Crippen molar-refractivity contribution in [3.63, 3.8) is 0 Å². The van der Waals surface area contributed by atoms with Crippen LogP contribution in [0.3, 0.4) is 0 Å². The van der Waals surface area contributed by atoms with E-state index in [-0.39, 0.29) is 11.7 Å². The number of aromatic amines is 1. The van der Waals surface area contributed by atoms with E-state index in [2.05, 4.69) is 52.9 Å².